The molecule has 0 unspecified atom stereocenters. The van der Waals surface area contributed by atoms with Crippen LogP contribution in [0, 0.1) is 0 Å². The van der Waals surface area contributed by atoms with E-state index in [-0.39, 0.29) is 11.6 Å². The van der Waals surface area contributed by atoms with Crippen molar-refractivity contribution in [3.8, 4) is 17.0 Å². The van der Waals surface area contributed by atoms with Gasteiger partial charge >= 0.3 is 6.61 Å². The van der Waals surface area contributed by atoms with E-state index in [1.807, 2.05) is 6.92 Å². The van der Waals surface area contributed by atoms with E-state index < -0.39 is 6.61 Å². The second-order valence-electron chi connectivity index (χ2n) is 3.86. The lowest BCUT2D eigenvalue weighted by Crippen LogP contribution is -2.14. The molecule has 0 atom stereocenters. The van der Waals surface area contributed by atoms with Crippen molar-refractivity contribution >= 4 is 5.82 Å². The fourth-order valence-corrected chi connectivity index (χ4v) is 1.80. The minimum atomic E-state index is -2.91. The third-order valence-corrected chi connectivity index (χ3v) is 2.70. The van der Waals surface area contributed by atoms with Gasteiger partial charge in [0.2, 0.25) is 0 Å². The molecule has 0 radical (unpaired) electrons. The molecular formula is C12H14F2N4O. The summed E-state index contributed by atoms with van der Waals surface area (Å²) >= 11 is 0. The van der Waals surface area contributed by atoms with Crippen molar-refractivity contribution < 1.29 is 13.5 Å². The molecule has 19 heavy (non-hydrogen) atoms. The van der Waals surface area contributed by atoms with Gasteiger partial charge < -0.3 is 16.3 Å². The molecule has 7 heteroatoms. The zero-order chi connectivity index (χ0) is 14.0. The van der Waals surface area contributed by atoms with Crippen LogP contribution >= 0.6 is 0 Å². The molecule has 0 aliphatic rings. The molecule has 0 spiro atoms. The Balaban J connectivity index is 2.53. The summed E-state index contributed by atoms with van der Waals surface area (Å²) in [4.78, 5) is 4.25. The highest BCUT2D eigenvalue weighted by Crippen LogP contribution is 2.33. The summed E-state index contributed by atoms with van der Waals surface area (Å²) in [6.07, 6.45) is 0.582. The maximum absolute atomic E-state index is 12.4. The van der Waals surface area contributed by atoms with Crippen molar-refractivity contribution in [2.75, 3.05) is 11.6 Å². The standard InChI is InChI=1S/C12H14F2N4O/c1-2-9-17-10(11(15)18(9)16)7-5-3-4-6-8(7)19-12(13)14/h3-6,12H,2,15-16H2,1H3. The minimum absolute atomic E-state index is 0.0185. The Labute approximate surface area is 108 Å². The van der Waals surface area contributed by atoms with E-state index in [0.29, 0.717) is 23.5 Å². The van der Waals surface area contributed by atoms with Gasteiger partial charge in [-0.05, 0) is 12.1 Å². The van der Waals surface area contributed by atoms with E-state index in [1.165, 1.54) is 10.7 Å². The number of imidazole rings is 1. The molecule has 0 saturated carbocycles. The van der Waals surface area contributed by atoms with Gasteiger partial charge in [0.25, 0.3) is 0 Å². The first-order valence-corrected chi connectivity index (χ1v) is 5.71. The van der Waals surface area contributed by atoms with Crippen LogP contribution in [0.5, 0.6) is 5.75 Å². The van der Waals surface area contributed by atoms with Gasteiger partial charge in [0.1, 0.15) is 17.3 Å². The number of anilines is 1. The summed E-state index contributed by atoms with van der Waals surface area (Å²) < 4.78 is 30.4. The Morgan fingerprint density at radius 3 is 2.63 bits per heavy atom. The Morgan fingerprint density at radius 1 is 1.37 bits per heavy atom. The number of nitrogens with zero attached hydrogens (tertiary/aromatic N) is 2. The largest absolute Gasteiger partial charge is 0.434 e. The lowest BCUT2D eigenvalue weighted by atomic mass is 10.1. The van der Waals surface area contributed by atoms with Gasteiger partial charge in [-0.1, -0.05) is 19.1 Å². The van der Waals surface area contributed by atoms with Crippen molar-refractivity contribution in [2.45, 2.75) is 20.0 Å². The molecule has 0 bridgehead atoms. The number of alkyl halides is 2. The number of hydrogen-bond acceptors (Lipinski definition) is 4. The number of nitrogen functional groups attached to an aromatic ring is 2. The minimum Gasteiger partial charge on any atom is -0.434 e. The molecule has 0 amide bonds. The van der Waals surface area contributed by atoms with Crippen LogP contribution < -0.4 is 16.3 Å². The SMILES string of the molecule is CCc1nc(-c2ccccc2OC(F)F)c(N)n1N. The van der Waals surface area contributed by atoms with Gasteiger partial charge in [0.15, 0.2) is 5.82 Å². The average Bonchev–Trinajstić information content (AvgIpc) is 2.66. The zero-order valence-corrected chi connectivity index (χ0v) is 10.3. The van der Waals surface area contributed by atoms with Crippen molar-refractivity contribution in [1.29, 1.82) is 0 Å². The fourth-order valence-electron chi connectivity index (χ4n) is 1.80. The summed E-state index contributed by atoms with van der Waals surface area (Å²) in [5, 5.41) is 0. The fraction of sp³-hybridized carbons (Fsp3) is 0.250. The van der Waals surface area contributed by atoms with Crippen LogP contribution in [0.25, 0.3) is 11.3 Å². The highest BCUT2D eigenvalue weighted by molar-refractivity contribution is 5.76. The molecule has 0 fully saturated rings. The van der Waals surface area contributed by atoms with Gasteiger partial charge in [-0.25, -0.2) is 9.66 Å². The molecule has 1 aromatic carbocycles. The molecular weight excluding hydrogens is 254 g/mol. The van der Waals surface area contributed by atoms with Crippen molar-refractivity contribution in [3.63, 3.8) is 0 Å². The van der Waals surface area contributed by atoms with Crippen molar-refractivity contribution in [3.05, 3.63) is 30.1 Å². The van der Waals surface area contributed by atoms with E-state index >= 15 is 0 Å². The molecule has 0 aliphatic heterocycles. The highest BCUT2D eigenvalue weighted by Gasteiger charge is 2.18. The first kappa shape index (κ1) is 13.1. The van der Waals surface area contributed by atoms with Gasteiger partial charge in [0.05, 0.1) is 0 Å². The van der Waals surface area contributed by atoms with Gasteiger partial charge in [-0.15, -0.1) is 0 Å². The molecule has 1 heterocycles. The normalized spacial score (nSPS) is 10.9. The average molecular weight is 268 g/mol. The lowest BCUT2D eigenvalue weighted by molar-refractivity contribution is -0.0494. The smallest absolute Gasteiger partial charge is 0.387 e. The topological polar surface area (TPSA) is 79.1 Å². The second-order valence-corrected chi connectivity index (χ2v) is 3.86. The number of aromatic nitrogens is 2. The van der Waals surface area contributed by atoms with E-state index in [0.717, 1.165) is 0 Å². The summed E-state index contributed by atoms with van der Waals surface area (Å²) in [5.74, 6) is 6.54. The van der Waals surface area contributed by atoms with Crippen LogP contribution in [0.1, 0.15) is 12.7 Å². The maximum Gasteiger partial charge on any atom is 0.387 e. The van der Waals surface area contributed by atoms with Crippen LogP contribution in [0.3, 0.4) is 0 Å². The molecule has 102 valence electrons. The van der Waals surface area contributed by atoms with Gasteiger partial charge in [-0.3, -0.25) is 0 Å². The van der Waals surface area contributed by atoms with Crippen LogP contribution in [-0.4, -0.2) is 16.3 Å². The molecule has 0 saturated heterocycles. The zero-order valence-electron chi connectivity index (χ0n) is 10.3. The molecule has 1 aromatic heterocycles. The van der Waals surface area contributed by atoms with Gasteiger partial charge in [-0.2, -0.15) is 8.78 Å². The predicted molar refractivity (Wildman–Crippen MR) is 68.2 cm³/mol. The molecule has 5 nitrogen and oxygen atoms in total. The number of benzene rings is 1. The third kappa shape index (κ3) is 2.44. The number of aryl methyl sites for hydroxylation is 1. The number of halogens is 2. The second kappa shape index (κ2) is 5.13. The Kier molecular flexibility index (Phi) is 3.55. The van der Waals surface area contributed by atoms with Crippen LogP contribution in [0.2, 0.25) is 0 Å². The van der Waals surface area contributed by atoms with E-state index in [1.54, 1.807) is 18.2 Å². The number of ether oxygens (including phenoxy) is 1. The molecule has 0 aliphatic carbocycles. The molecule has 2 rings (SSSR count). The Hall–Kier alpha value is -2.31. The maximum atomic E-state index is 12.4. The quantitative estimate of drug-likeness (QED) is 0.831. The van der Waals surface area contributed by atoms with E-state index in [9.17, 15) is 8.78 Å². The van der Waals surface area contributed by atoms with Crippen LogP contribution in [0.15, 0.2) is 24.3 Å². The summed E-state index contributed by atoms with van der Waals surface area (Å²) in [6, 6.07) is 6.32. The predicted octanol–water partition coefficient (Wildman–Crippen LogP) is 2.01. The summed E-state index contributed by atoms with van der Waals surface area (Å²) in [5.41, 5.74) is 6.57. The number of rotatable bonds is 4. The molecule has 2 aromatic rings. The van der Waals surface area contributed by atoms with E-state index in [2.05, 4.69) is 9.72 Å². The van der Waals surface area contributed by atoms with Gasteiger partial charge in [0, 0.05) is 12.0 Å². The number of hydrogen-bond donors (Lipinski definition) is 2. The Morgan fingerprint density at radius 2 is 2.05 bits per heavy atom. The summed E-state index contributed by atoms with van der Waals surface area (Å²) in [7, 11) is 0. The van der Waals surface area contributed by atoms with Crippen molar-refractivity contribution in [2.24, 2.45) is 0 Å². The Bertz CT molecular complexity index is 583. The highest BCUT2D eigenvalue weighted by atomic mass is 19.3. The third-order valence-electron chi connectivity index (χ3n) is 2.70. The lowest BCUT2D eigenvalue weighted by Gasteiger charge is -2.09. The molecule has 4 N–H and O–H groups in total. The number of nitrogens with two attached hydrogens (primary N) is 2. The van der Waals surface area contributed by atoms with E-state index in [4.69, 9.17) is 11.6 Å². The monoisotopic (exact) mass is 268 g/mol. The summed E-state index contributed by atoms with van der Waals surface area (Å²) in [6.45, 7) is -1.04. The first-order chi connectivity index (χ1) is 9.04. The van der Waals surface area contributed by atoms with Crippen molar-refractivity contribution in [1.82, 2.24) is 9.66 Å². The number of para-hydroxylation sites is 1. The first-order valence-electron chi connectivity index (χ1n) is 5.71. The van der Waals surface area contributed by atoms with Crippen LogP contribution in [0.4, 0.5) is 14.6 Å². The van der Waals surface area contributed by atoms with Crippen LogP contribution in [-0.2, 0) is 6.42 Å².